The Hall–Kier alpha value is -1.95. The van der Waals surface area contributed by atoms with Crippen molar-refractivity contribution in [2.45, 2.75) is 38.4 Å². The van der Waals surface area contributed by atoms with Crippen molar-refractivity contribution in [2.75, 3.05) is 26.5 Å². The third-order valence-corrected chi connectivity index (χ3v) is 4.73. The van der Waals surface area contributed by atoms with Crippen molar-refractivity contribution >= 4 is 5.91 Å². The van der Waals surface area contributed by atoms with Gasteiger partial charge in [-0.3, -0.25) is 4.79 Å². The van der Waals surface area contributed by atoms with E-state index in [0.717, 1.165) is 25.5 Å². The highest BCUT2D eigenvalue weighted by molar-refractivity contribution is 5.81. The van der Waals surface area contributed by atoms with Gasteiger partial charge in [-0.15, -0.1) is 0 Å². The molecule has 1 aliphatic carbocycles. The lowest BCUT2D eigenvalue weighted by atomic mass is 10.3. The molecule has 4 rings (SSSR count). The highest BCUT2D eigenvalue weighted by Crippen LogP contribution is 2.35. The lowest BCUT2D eigenvalue weighted by molar-refractivity contribution is -0.137. The van der Waals surface area contributed by atoms with Crippen LogP contribution in [0.15, 0.2) is 18.2 Å². The minimum atomic E-state index is -0.535. The predicted octanol–water partition coefficient (Wildman–Crippen LogP) is 2.21. The van der Waals surface area contributed by atoms with Crippen LogP contribution in [-0.4, -0.2) is 49.5 Å². The first-order chi connectivity index (χ1) is 11.7. The Bertz CT molecular complexity index is 615. The van der Waals surface area contributed by atoms with Crippen molar-refractivity contribution in [3.05, 3.63) is 18.2 Å². The fourth-order valence-corrected chi connectivity index (χ4v) is 3.08. The molecule has 0 bridgehead atoms. The molecule has 1 amide bonds. The lowest BCUT2D eigenvalue weighted by Gasteiger charge is -2.22. The Morgan fingerprint density at radius 1 is 1.29 bits per heavy atom. The van der Waals surface area contributed by atoms with Crippen LogP contribution in [0.1, 0.15) is 26.2 Å². The summed E-state index contributed by atoms with van der Waals surface area (Å²) in [7, 11) is 0. The van der Waals surface area contributed by atoms with E-state index in [2.05, 4.69) is 0 Å². The number of nitrogens with zero attached hydrogens (tertiary/aromatic N) is 1. The molecular formula is C18H23NO5. The van der Waals surface area contributed by atoms with Gasteiger partial charge in [-0.1, -0.05) is 0 Å². The molecule has 6 nitrogen and oxygen atoms in total. The average Bonchev–Trinajstić information content (AvgIpc) is 3.10. The second kappa shape index (κ2) is 6.51. The van der Waals surface area contributed by atoms with E-state index >= 15 is 0 Å². The fraction of sp³-hybridized carbons (Fsp3) is 0.611. The maximum Gasteiger partial charge on any atom is 0.263 e. The number of ether oxygens (including phenoxy) is 4. The molecule has 6 heteroatoms. The van der Waals surface area contributed by atoms with Gasteiger partial charge >= 0.3 is 0 Å². The summed E-state index contributed by atoms with van der Waals surface area (Å²) in [6.45, 7) is 4.26. The zero-order valence-corrected chi connectivity index (χ0v) is 13.9. The molecule has 2 atom stereocenters. The lowest BCUT2D eigenvalue weighted by Crippen LogP contribution is -2.39. The van der Waals surface area contributed by atoms with E-state index in [9.17, 15) is 4.79 Å². The van der Waals surface area contributed by atoms with Gasteiger partial charge in [0.1, 0.15) is 5.75 Å². The molecule has 1 aromatic rings. The van der Waals surface area contributed by atoms with E-state index in [-0.39, 0.29) is 18.8 Å². The summed E-state index contributed by atoms with van der Waals surface area (Å²) in [5.74, 6) is 2.73. The Kier molecular flexibility index (Phi) is 4.22. The van der Waals surface area contributed by atoms with Crippen LogP contribution in [0.25, 0.3) is 0 Å². The first-order valence-corrected chi connectivity index (χ1v) is 8.66. The number of amides is 1. The van der Waals surface area contributed by atoms with Crippen LogP contribution in [0.5, 0.6) is 17.2 Å². The van der Waals surface area contributed by atoms with Gasteiger partial charge in [0.25, 0.3) is 5.91 Å². The average molecular weight is 333 g/mol. The highest BCUT2D eigenvalue weighted by atomic mass is 16.7. The molecule has 0 radical (unpaired) electrons. The molecule has 0 aromatic heterocycles. The Morgan fingerprint density at radius 3 is 2.96 bits per heavy atom. The number of fused-ring (bicyclic) bond motifs is 1. The zero-order valence-electron chi connectivity index (χ0n) is 13.9. The quantitative estimate of drug-likeness (QED) is 0.799. The molecule has 2 heterocycles. The maximum absolute atomic E-state index is 12.6. The first kappa shape index (κ1) is 15.6. The van der Waals surface area contributed by atoms with E-state index < -0.39 is 6.10 Å². The van der Waals surface area contributed by atoms with Crippen molar-refractivity contribution in [1.29, 1.82) is 0 Å². The topological polar surface area (TPSA) is 57.2 Å². The largest absolute Gasteiger partial charge is 0.481 e. The standard InChI is InChI=1S/C18H23NO5/c1-12(24-14-4-5-16-17(8-14)23-11-22-16)18(20)19-7-6-15(9-19)21-10-13-2-3-13/h4-5,8,12-13,15H,2-3,6-7,9-11H2,1H3/t12-,15-/m0/s1. The van der Waals surface area contributed by atoms with Gasteiger partial charge in [0.05, 0.1) is 6.10 Å². The van der Waals surface area contributed by atoms with Crippen LogP contribution in [-0.2, 0) is 9.53 Å². The van der Waals surface area contributed by atoms with Gasteiger partial charge < -0.3 is 23.8 Å². The van der Waals surface area contributed by atoms with Gasteiger partial charge in [-0.05, 0) is 44.2 Å². The first-order valence-electron chi connectivity index (χ1n) is 8.66. The van der Waals surface area contributed by atoms with Crippen LogP contribution in [0.4, 0.5) is 0 Å². The van der Waals surface area contributed by atoms with Crippen LogP contribution < -0.4 is 14.2 Å². The predicted molar refractivity (Wildman–Crippen MR) is 86.3 cm³/mol. The van der Waals surface area contributed by atoms with E-state index in [1.807, 2.05) is 4.90 Å². The highest BCUT2D eigenvalue weighted by Gasteiger charge is 2.32. The van der Waals surface area contributed by atoms with Gasteiger partial charge in [-0.25, -0.2) is 0 Å². The third-order valence-electron chi connectivity index (χ3n) is 4.73. The second-order valence-corrected chi connectivity index (χ2v) is 6.75. The molecule has 0 unspecified atom stereocenters. The zero-order chi connectivity index (χ0) is 16.5. The summed E-state index contributed by atoms with van der Waals surface area (Å²) in [6.07, 6.45) is 3.13. The Balaban J connectivity index is 1.29. The fourth-order valence-electron chi connectivity index (χ4n) is 3.08. The normalized spacial score (nSPS) is 23.4. The summed E-state index contributed by atoms with van der Waals surface area (Å²) in [5, 5.41) is 0. The van der Waals surface area contributed by atoms with Gasteiger partial charge in [0.2, 0.25) is 6.79 Å². The molecule has 2 aliphatic heterocycles. The molecule has 130 valence electrons. The molecule has 1 saturated carbocycles. The van der Waals surface area contributed by atoms with E-state index in [1.165, 1.54) is 12.8 Å². The molecule has 3 aliphatic rings. The molecule has 1 aromatic carbocycles. The number of carbonyl (C=O) groups is 1. The van der Waals surface area contributed by atoms with Crippen molar-refractivity contribution in [3.63, 3.8) is 0 Å². The van der Waals surface area contributed by atoms with E-state index in [0.29, 0.717) is 23.8 Å². The van der Waals surface area contributed by atoms with E-state index in [1.54, 1.807) is 25.1 Å². The van der Waals surface area contributed by atoms with E-state index in [4.69, 9.17) is 18.9 Å². The molecule has 1 saturated heterocycles. The summed E-state index contributed by atoms with van der Waals surface area (Å²) in [6, 6.07) is 5.35. The van der Waals surface area contributed by atoms with Crippen LogP contribution in [0.3, 0.4) is 0 Å². The molecule has 24 heavy (non-hydrogen) atoms. The number of rotatable bonds is 6. The minimum Gasteiger partial charge on any atom is -0.481 e. The summed E-state index contributed by atoms with van der Waals surface area (Å²) >= 11 is 0. The van der Waals surface area contributed by atoms with Crippen LogP contribution in [0.2, 0.25) is 0 Å². The Morgan fingerprint density at radius 2 is 2.12 bits per heavy atom. The maximum atomic E-state index is 12.6. The minimum absolute atomic E-state index is 0.00480. The number of benzene rings is 1. The molecule has 0 N–H and O–H groups in total. The van der Waals surface area contributed by atoms with Crippen LogP contribution in [0, 0.1) is 5.92 Å². The number of hydrogen-bond acceptors (Lipinski definition) is 5. The summed E-state index contributed by atoms with van der Waals surface area (Å²) < 4.78 is 22.3. The number of likely N-dealkylation sites (tertiary alicyclic amines) is 1. The molecule has 0 spiro atoms. The van der Waals surface area contributed by atoms with Gasteiger partial charge in [-0.2, -0.15) is 0 Å². The van der Waals surface area contributed by atoms with Gasteiger partial charge in [0.15, 0.2) is 17.6 Å². The number of hydrogen-bond donors (Lipinski definition) is 0. The van der Waals surface area contributed by atoms with Crippen LogP contribution >= 0.6 is 0 Å². The van der Waals surface area contributed by atoms with Gasteiger partial charge in [0, 0.05) is 25.8 Å². The summed E-state index contributed by atoms with van der Waals surface area (Å²) in [4.78, 5) is 14.4. The third kappa shape index (κ3) is 3.43. The van der Waals surface area contributed by atoms with Crippen molar-refractivity contribution in [1.82, 2.24) is 4.90 Å². The molecule has 2 fully saturated rings. The number of carbonyl (C=O) groups excluding carboxylic acids is 1. The monoisotopic (exact) mass is 333 g/mol. The van der Waals surface area contributed by atoms with Crippen molar-refractivity contribution in [3.8, 4) is 17.2 Å². The molecular weight excluding hydrogens is 310 g/mol. The SMILES string of the molecule is C[C@H](Oc1ccc2c(c1)OCO2)C(=O)N1CC[C@H](OCC2CC2)C1. The Labute approximate surface area is 141 Å². The van der Waals surface area contributed by atoms with Crippen molar-refractivity contribution < 1.29 is 23.7 Å². The second-order valence-electron chi connectivity index (χ2n) is 6.75. The smallest absolute Gasteiger partial charge is 0.263 e. The summed E-state index contributed by atoms with van der Waals surface area (Å²) in [5.41, 5.74) is 0. The van der Waals surface area contributed by atoms with Crippen molar-refractivity contribution in [2.24, 2.45) is 5.92 Å².